The van der Waals surface area contributed by atoms with E-state index < -0.39 is 0 Å². The van der Waals surface area contributed by atoms with E-state index in [4.69, 9.17) is 0 Å². The minimum Gasteiger partial charge on any atom is -0.0616 e. The van der Waals surface area contributed by atoms with Crippen LogP contribution in [0.2, 0.25) is 0 Å². The van der Waals surface area contributed by atoms with E-state index in [2.05, 4.69) is 60.7 Å². The van der Waals surface area contributed by atoms with Gasteiger partial charge in [0.1, 0.15) is 0 Å². The summed E-state index contributed by atoms with van der Waals surface area (Å²) < 4.78 is 0. The summed E-state index contributed by atoms with van der Waals surface area (Å²) in [7, 11) is 0. The molecule has 0 unspecified atom stereocenters. The van der Waals surface area contributed by atoms with Gasteiger partial charge in [-0.3, -0.25) is 0 Å². The molecule has 4 aliphatic rings. The van der Waals surface area contributed by atoms with Crippen LogP contribution in [-0.4, -0.2) is 0 Å². The van der Waals surface area contributed by atoms with Crippen molar-refractivity contribution in [3.8, 4) is 22.3 Å². The van der Waals surface area contributed by atoms with Gasteiger partial charge >= 0.3 is 0 Å². The van der Waals surface area contributed by atoms with E-state index in [-0.39, 0.29) is 0 Å². The Morgan fingerprint density at radius 3 is 0.833 bits per heavy atom. The first kappa shape index (κ1) is 25.1. The van der Waals surface area contributed by atoms with Crippen LogP contribution < -0.4 is 0 Å². The van der Waals surface area contributed by atoms with Crippen molar-refractivity contribution in [3.63, 3.8) is 0 Å². The Morgan fingerprint density at radius 2 is 0.548 bits per heavy atom. The summed E-state index contributed by atoms with van der Waals surface area (Å²) in [5.41, 5.74) is 19.7. The molecular formula is C42H42. The molecule has 0 bridgehead atoms. The zero-order valence-electron chi connectivity index (χ0n) is 25.1. The first-order chi connectivity index (χ1) is 20.9. The molecule has 210 valence electrons. The average molecular weight is 547 g/mol. The van der Waals surface area contributed by atoms with Gasteiger partial charge in [0.15, 0.2) is 0 Å². The quantitative estimate of drug-likeness (QED) is 0.193. The van der Waals surface area contributed by atoms with Crippen LogP contribution in [0.4, 0.5) is 0 Å². The van der Waals surface area contributed by atoms with Gasteiger partial charge in [0.25, 0.3) is 0 Å². The fourth-order valence-corrected chi connectivity index (χ4v) is 9.55. The van der Waals surface area contributed by atoms with Gasteiger partial charge in [-0.1, -0.05) is 60.7 Å². The summed E-state index contributed by atoms with van der Waals surface area (Å²) in [5.74, 6) is 0. The molecule has 5 aromatic rings. The lowest BCUT2D eigenvalue weighted by atomic mass is 9.73. The van der Waals surface area contributed by atoms with Crippen molar-refractivity contribution in [1.29, 1.82) is 0 Å². The van der Waals surface area contributed by atoms with Crippen LogP contribution in [0, 0.1) is 0 Å². The molecule has 0 amide bonds. The Kier molecular flexibility index (Phi) is 6.06. The molecule has 0 atom stereocenters. The van der Waals surface area contributed by atoms with Gasteiger partial charge in [-0.25, -0.2) is 0 Å². The minimum atomic E-state index is 1.24. The van der Waals surface area contributed by atoms with Crippen molar-refractivity contribution in [3.05, 3.63) is 105 Å². The summed E-state index contributed by atoms with van der Waals surface area (Å²) >= 11 is 0. The van der Waals surface area contributed by atoms with Crippen molar-refractivity contribution in [1.82, 2.24) is 0 Å². The lowest BCUT2D eigenvalue weighted by molar-refractivity contribution is 0.660. The Balaban J connectivity index is 1.45. The molecule has 0 heterocycles. The van der Waals surface area contributed by atoms with Crippen molar-refractivity contribution in [2.24, 2.45) is 0 Å². The highest BCUT2D eigenvalue weighted by atomic mass is 14.3. The van der Waals surface area contributed by atoms with Gasteiger partial charge in [-0.05, 0) is 191 Å². The normalized spacial score (nSPS) is 17.9. The highest BCUT2D eigenvalue weighted by molar-refractivity contribution is 6.22. The predicted octanol–water partition coefficient (Wildman–Crippen LogP) is 10.8. The first-order valence-electron chi connectivity index (χ1n) is 17.1. The van der Waals surface area contributed by atoms with Crippen LogP contribution in [0.1, 0.15) is 95.9 Å². The monoisotopic (exact) mass is 546 g/mol. The Hall–Kier alpha value is -3.38. The van der Waals surface area contributed by atoms with Crippen LogP contribution in [-0.2, 0) is 51.4 Å². The highest BCUT2D eigenvalue weighted by Gasteiger charge is 2.29. The fourth-order valence-electron chi connectivity index (χ4n) is 9.55. The van der Waals surface area contributed by atoms with E-state index in [0.29, 0.717) is 0 Å². The summed E-state index contributed by atoms with van der Waals surface area (Å²) in [6.45, 7) is 0. The molecule has 0 aliphatic heterocycles. The first-order valence-corrected chi connectivity index (χ1v) is 17.1. The lowest BCUT2D eigenvalue weighted by Crippen LogP contribution is -2.14. The second kappa shape index (κ2) is 10.1. The molecule has 0 radical (unpaired) electrons. The molecule has 0 saturated carbocycles. The fraction of sp³-hybridized carbons (Fsp3) is 0.381. The molecule has 0 saturated heterocycles. The smallest absolute Gasteiger partial charge is 0.00206 e. The zero-order valence-corrected chi connectivity index (χ0v) is 25.1. The number of hydrogen-bond acceptors (Lipinski definition) is 0. The number of rotatable bonds is 2. The SMILES string of the molecule is c1ccc2c(-c3c4c(cc5c3CCCC5)CCCC4)c3ccccc3c(-c3c4c(cc5c3CCCC5)CCCC4)c2c1. The third-order valence-corrected chi connectivity index (χ3v) is 11.4. The van der Waals surface area contributed by atoms with Gasteiger partial charge in [0.2, 0.25) is 0 Å². The molecule has 0 N–H and O–H groups in total. The zero-order chi connectivity index (χ0) is 27.6. The largest absolute Gasteiger partial charge is 0.0616 e. The maximum absolute atomic E-state index is 2.63. The third-order valence-electron chi connectivity index (χ3n) is 11.4. The van der Waals surface area contributed by atoms with Crippen LogP contribution in [0.5, 0.6) is 0 Å². The van der Waals surface area contributed by atoms with Crippen LogP contribution in [0.25, 0.3) is 43.8 Å². The molecule has 0 spiro atoms. The van der Waals surface area contributed by atoms with Gasteiger partial charge in [-0.15, -0.1) is 0 Å². The Morgan fingerprint density at radius 1 is 0.286 bits per heavy atom. The maximum Gasteiger partial charge on any atom is -0.00206 e. The molecule has 0 nitrogen and oxygen atoms in total. The minimum absolute atomic E-state index is 1.24. The number of hydrogen-bond donors (Lipinski definition) is 0. The molecular weight excluding hydrogens is 504 g/mol. The van der Waals surface area contributed by atoms with E-state index in [1.54, 1.807) is 66.8 Å². The van der Waals surface area contributed by atoms with Crippen molar-refractivity contribution < 1.29 is 0 Å². The third kappa shape index (κ3) is 3.80. The van der Waals surface area contributed by atoms with Gasteiger partial charge in [0, 0.05) is 0 Å². The summed E-state index contributed by atoms with van der Waals surface area (Å²) in [5, 5.41) is 5.93. The van der Waals surface area contributed by atoms with Crippen LogP contribution in [0.3, 0.4) is 0 Å². The Bertz CT molecular complexity index is 1620. The van der Waals surface area contributed by atoms with Gasteiger partial charge in [0.05, 0.1) is 0 Å². The summed E-state index contributed by atoms with van der Waals surface area (Å²) in [6, 6.07) is 24.4. The van der Waals surface area contributed by atoms with E-state index in [9.17, 15) is 0 Å². The summed E-state index contributed by atoms with van der Waals surface area (Å²) in [6.07, 6.45) is 20.7. The van der Waals surface area contributed by atoms with Crippen molar-refractivity contribution in [2.45, 2.75) is 103 Å². The molecule has 9 rings (SSSR count). The van der Waals surface area contributed by atoms with E-state index in [1.165, 1.54) is 124 Å². The molecule has 0 fully saturated rings. The maximum atomic E-state index is 2.63. The van der Waals surface area contributed by atoms with Crippen molar-refractivity contribution >= 4 is 21.5 Å². The second-order valence-electron chi connectivity index (χ2n) is 13.7. The van der Waals surface area contributed by atoms with Crippen LogP contribution >= 0.6 is 0 Å². The molecule has 42 heavy (non-hydrogen) atoms. The average Bonchev–Trinajstić information content (AvgIpc) is 3.05. The second-order valence-corrected chi connectivity index (χ2v) is 13.7. The molecule has 5 aromatic carbocycles. The summed E-state index contributed by atoms with van der Waals surface area (Å²) in [4.78, 5) is 0. The van der Waals surface area contributed by atoms with Crippen molar-refractivity contribution in [2.75, 3.05) is 0 Å². The lowest BCUT2D eigenvalue weighted by Gasteiger charge is -2.31. The Labute approximate surface area is 251 Å². The van der Waals surface area contributed by atoms with Gasteiger partial charge < -0.3 is 0 Å². The number of aryl methyl sites for hydroxylation is 4. The van der Waals surface area contributed by atoms with E-state index in [1.807, 2.05) is 0 Å². The standard InChI is InChI=1S/C42H42/c1-5-17-31-27(13-1)25-28-14-2-6-18-32(28)39(31)41-35-21-9-11-23-37(35)42(38-24-12-10-22-36(38)41)40-33-19-7-3-15-29(33)26-30-16-4-8-20-34(30)40/h9-12,21-26H,1-8,13-20H2. The topological polar surface area (TPSA) is 0 Å². The molecule has 0 aromatic heterocycles. The van der Waals surface area contributed by atoms with Gasteiger partial charge in [-0.2, -0.15) is 0 Å². The van der Waals surface area contributed by atoms with E-state index >= 15 is 0 Å². The van der Waals surface area contributed by atoms with Crippen LogP contribution in [0.15, 0.2) is 60.7 Å². The predicted molar refractivity (Wildman–Crippen MR) is 179 cm³/mol. The molecule has 4 aliphatic carbocycles. The number of benzene rings is 5. The highest BCUT2D eigenvalue weighted by Crippen LogP contribution is 2.51. The molecule has 0 heteroatoms. The number of fused-ring (bicyclic) bond motifs is 6. The van der Waals surface area contributed by atoms with E-state index in [0.717, 1.165) is 0 Å².